The Labute approximate surface area is 152 Å². The van der Waals surface area contributed by atoms with E-state index in [2.05, 4.69) is 10.6 Å². The highest BCUT2D eigenvalue weighted by Gasteiger charge is 2.28. The molecular weight excluding hydrogens is 333 g/mol. The minimum absolute atomic E-state index is 0.0806. The van der Waals surface area contributed by atoms with E-state index >= 15 is 0 Å². The van der Waals surface area contributed by atoms with Gasteiger partial charge in [-0.2, -0.15) is 0 Å². The smallest absolute Gasteiger partial charge is 0.319 e. The second-order valence-electron chi connectivity index (χ2n) is 6.35. The summed E-state index contributed by atoms with van der Waals surface area (Å²) in [5.74, 6) is -0.622. The Balaban J connectivity index is 1.70. The standard InChI is InChI=1S/C20H22FN3O2/c21-16-10-4-5-11-17(16)22-20(26)23-18(14-15-8-2-1-3-9-15)19(25)24-12-6-7-13-24/h1-5,8-11,18H,6-7,12-14H2,(H2,22,23,26)/t18-/m1/s1. The molecule has 1 atom stereocenters. The zero-order valence-electron chi connectivity index (χ0n) is 14.5. The maximum atomic E-state index is 13.7. The zero-order chi connectivity index (χ0) is 18.4. The number of urea groups is 1. The Kier molecular flexibility index (Phi) is 5.84. The lowest BCUT2D eigenvalue weighted by Gasteiger charge is -2.24. The number of likely N-dealkylation sites (tertiary alicyclic amines) is 1. The van der Waals surface area contributed by atoms with Crippen LogP contribution >= 0.6 is 0 Å². The molecule has 1 saturated heterocycles. The third-order valence-electron chi connectivity index (χ3n) is 4.43. The number of carbonyl (C=O) groups excluding carboxylic acids is 2. The zero-order valence-corrected chi connectivity index (χ0v) is 14.5. The van der Waals surface area contributed by atoms with Gasteiger partial charge in [0.2, 0.25) is 5.91 Å². The lowest BCUT2D eigenvalue weighted by atomic mass is 10.0. The molecule has 0 saturated carbocycles. The van der Waals surface area contributed by atoms with E-state index in [1.807, 2.05) is 30.3 Å². The van der Waals surface area contributed by atoms with Gasteiger partial charge < -0.3 is 15.5 Å². The molecular formula is C20H22FN3O2. The van der Waals surface area contributed by atoms with Gasteiger partial charge in [-0.05, 0) is 30.5 Å². The molecule has 0 aliphatic carbocycles. The van der Waals surface area contributed by atoms with E-state index in [0.29, 0.717) is 19.5 Å². The molecule has 6 heteroatoms. The molecule has 0 aromatic heterocycles. The van der Waals surface area contributed by atoms with Gasteiger partial charge in [0.1, 0.15) is 11.9 Å². The first-order chi connectivity index (χ1) is 12.6. The van der Waals surface area contributed by atoms with E-state index in [0.717, 1.165) is 18.4 Å². The van der Waals surface area contributed by atoms with Gasteiger partial charge in [-0.25, -0.2) is 9.18 Å². The van der Waals surface area contributed by atoms with Gasteiger partial charge in [0.05, 0.1) is 5.69 Å². The Hall–Kier alpha value is -2.89. The van der Waals surface area contributed by atoms with Crippen molar-refractivity contribution in [3.8, 4) is 0 Å². The average molecular weight is 355 g/mol. The van der Waals surface area contributed by atoms with Crippen LogP contribution in [-0.4, -0.2) is 36.0 Å². The molecule has 2 aromatic rings. The van der Waals surface area contributed by atoms with Crippen LogP contribution in [0.3, 0.4) is 0 Å². The van der Waals surface area contributed by atoms with E-state index < -0.39 is 17.9 Å². The molecule has 2 aromatic carbocycles. The largest absolute Gasteiger partial charge is 0.341 e. The first kappa shape index (κ1) is 17.9. The van der Waals surface area contributed by atoms with Crippen molar-refractivity contribution in [3.05, 3.63) is 66.0 Å². The average Bonchev–Trinajstić information content (AvgIpc) is 3.18. The Morgan fingerprint density at radius 3 is 2.35 bits per heavy atom. The van der Waals surface area contributed by atoms with Gasteiger partial charge in [-0.15, -0.1) is 0 Å². The van der Waals surface area contributed by atoms with Crippen molar-refractivity contribution in [3.63, 3.8) is 0 Å². The summed E-state index contributed by atoms with van der Waals surface area (Å²) in [6, 6.07) is 14.2. The van der Waals surface area contributed by atoms with Crippen LogP contribution in [0, 0.1) is 5.82 Å². The topological polar surface area (TPSA) is 61.4 Å². The molecule has 0 spiro atoms. The van der Waals surface area contributed by atoms with Crippen LogP contribution < -0.4 is 10.6 Å². The molecule has 5 nitrogen and oxygen atoms in total. The molecule has 1 fully saturated rings. The maximum Gasteiger partial charge on any atom is 0.319 e. The van der Waals surface area contributed by atoms with Crippen molar-refractivity contribution in [1.29, 1.82) is 0 Å². The van der Waals surface area contributed by atoms with E-state index in [9.17, 15) is 14.0 Å². The van der Waals surface area contributed by atoms with Crippen LogP contribution in [0.4, 0.5) is 14.9 Å². The predicted octanol–water partition coefficient (Wildman–Crippen LogP) is 3.18. The Bertz CT molecular complexity index is 761. The molecule has 3 rings (SSSR count). The van der Waals surface area contributed by atoms with Gasteiger partial charge in [0, 0.05) is 19.5 Å². The summed E-state index contributed by atoms with van der Waals surface area (Å²) in [5, 5.41) is 5.19. The quantitative estimate of drug-likeness (QED) is 0.865. The van der Waals surface area contributed by atoms with Gasteiger partial charge in [0.15, 0.2) is 0 Å². The second-order valence-corrected chi connectivity index (χ2v) is 6.35. The normalized spacial score (nSPS) is 14.7. The highest BCUT2D eigenvalue weighted by Crippen LogP contribution is 2.14. The fraction of sp³-hybridized carbons (Fsp3) is 0.300. The molecule has 1 heterocycles. The third kappa shape index (κ3) is 4.59. The van der Waals surface area contributed by atoms with Crippen molar-refractivity contribution in [1.82, 2.24) is 10.2 Å². The van der Waals surface area contributed by atoms with Crippen molar-refractivity contribution in [2.45, 2.75) is 25.3 Å². The van der Waals surface area contributed by atoms with Crippen LogP contribution in [0.25, 0.3) is 0 Å². The SMILES string of the molecule is O=C(Nc1ccccc1F)N[C@H](Cc1ccccc1)C(=O)N1CCCC1. The Morgan fingerprint density at radius 1 is 1.00 bits per heavy atom. The van der Waals surface area contributed by atoms with Crippen LogP contribution in [0.5, 0.6) is 0 Å². The summed E-state index contributed by atoms with van der Waals surface area (Å²) in [5.41, 5.74) is 1.04. The second kappa shape index (κ2) is 8.47. The highest BCUT2D eigenvalue weighted by molar-refractivity contribution is 5.94. The van der Waals surface area contributed by atoms with E-state index in [-0.39, 0.29) is 11.6 Å². The summed E-state index contributed by atoms with van der Waals surface area (Å²) >= 11 is 0. The van der Waals surface area contributed by atoms with Gasteiger partial charge in [-0.3, -0.25) is 4.79 Å². The lowest BCUT2D eigenvalue weighted by molar-refractivity contribution is -0.132. The molecule has 136 valence electrons. The van der Waals surface area contributed by atoms with Gasteiger partial charge in [-0.1, -0.05) is 42.5 Å². The molecule has 1 aliphatic rings. The van der Waals surface area contributed by atoms with Crippen LogP contribution in [0.2, 0.25) is 0 Å². The summed E-state index contributed by atoms with van der Waals surface area (Å²) in [6.45, 7) is 1.42. The van der Waals surface area contributed by atoms with Crippen LogP contribution in [-0.2, 0) is 11.2 Å². The number of halogens is 1. The number of rotatable bonds is 5. The molecule has 0 bridgehead atoms. The molecule has 2 N–H and O–H groups in total. The highest BCUT2D eigenvalue weighted by atomic mass is 19.1. The van der Waals surface area contributed by atoms with E-state index in [1.54, 1.807) is 17.0 Å². The fourth-order valence-corrected chi connectivity index (χ4v) is 3.09. The van der Waals surface area contributed by atoms with Crippen molar-refractivity contribution in [2.75, 3.05) is 18.4 Å². The Morgan fingerprint density at radius 2 is 1.65 bits per heavy atom. The third-order valence-corrected chi connectivity index (χ3v) is 4.43. The molecule has 1 aliphatic heterocycles. The summed E-state index contributed by atoms with van der Waals surface area (Å²) in [6.07, 6.45) is 2.34. The number of nitrogens with zero attached hydrogens (tertiary/aromatic N) is 1. The predicted molar refractivity (Wildman–Crippen MR) is 98.3 cm³/mol. The number of carbonyl (C=O) groups is 2. The number of amides is 3. The maximum absolute atomic E-state index is 13.7. The minimum Gasteiger partial charge on any atom is -0.341 e. The van der Waals surface area contributed by atoms with Crippen molar-refractivity contribution >= 4 is 17.6 Å². The fourth-order valence-electron chi connectivity index (χ4n) is 3.09. The number of hydrogen-bond acceptors (Lipinski definition) is 2. The van der Waals surface area contributed by atoms with Gasteiger partial charge >= 0.3 is 6.03 Å². The van der Waals surface area contributed by atoms with Crippen LogP contribution in [0.15, 0.2) is 54.6 Å². The number of anilines is 1. The minimum atomic E-state index is -0.692. The monoisotopic (exact) mass is 355 g/mol. The molecule has 0 unspecified atom stereocenters. The summed E-state index contributed by atoms with van der Waals surface area (Å²) < 4.78 is 13.7. The first-order valence-electron chi connectivity index (χ1n) is 8.78. The number of para-hydroxylation sites is 1. The van der Waals surface area contributed by atoms with Crippen molar-refractivity contribution < 1.29 is 14.0 Å². The van der Waals surface area contributed by atoms with E-state index in [4.69, 9.17) is 0 Å². The lowest BCUT2D eigenvalue weighted by Crippen LogP contribution is -2.50. The summed E-state index contributed by atoms with van der Waals surface area (Å²) in [4.78, 5) is 26.9. The number of benzene rings is 2. The molecule has 0 radical (unpaired) electrons. The van der Waals surface area contributed by atoms with Gasteiger partial charge in [0.25, 0.3) is 0 Å². The first-order valence-corrected chi connectivity index (χ1v) is 8.78. The van der Waals surface area contributed by atoms with Crippen molar-refractivity contribution in [2.24, 2.45) is 0 Å². The molecule has 3 amide bonds. The summed E-state index contributed by atoms with van der Waals surface area (Å²) in [7, 11) is 0. The van der Waals surface area contributed by atoms with E-state index in [1.165, 1.54) is 12.1 Å². The number of nitrogens with one attached hydrogen (secondary N) is 2. The molecule has 26 heavy (non-hydrogen) atoms. The van der Waals surface area contributed by atoms with Crippen LogP contribution in [0.1, 0.15) is 18.4 Å². The number of hydrogen-bond donors (Lipinski definition) is 2.